The van der Waals surface area contributed by atoms with Crippen LogP contribution in [-0.4, -0.2) is 34.3 Å². The quantitative estimate of drug-likeness (QED) is 0.538. The van der Waals surface area contributed by atoms with Gasteiger partial charge in [-0.15, -0.1) is 0 Å². The molecule has 2 N–H and O–H groups in total. The molecule has 0 radical (unpaired) electrons. The molecule has 1 rings (SSSR count). The monoisotopic (exact) mass is 279 g/mol. The lowest BCUT2D eigenvalue weighted by Gasteiger charge is -2.10. The van der Waals surface area contributed by atoms with Crippen molar-refractivity contribution in [2.45, 2.75) is 18.2 Å². The Labute approximate surface area is 114 Å². The molecule has 0 saturated carbocycles. The van der Waals surface area contributed by atoms with Crippen molar-refractivity contribution >= 4 is 24.1 Å². The standard InChI is InChI=1S/C12H13N3O3S/c13-6-10-5-9(1-3-14-10)7-19-4-2-11(12(17)18)15-8-16/h1,3,5,8,11H,2,4,7H2,(H,15,16)(H,17,18). The van der Waals surface area contributed by atoms with Gasteiger partial charge in [-0.25, -0.2) is 9.78 Å². The zero-order valence-electron chi connectivity index (χ0n) is 10.1. The van der Waals surface area contributed by atoms with Crippen molar-refractivity contribution < 1.29 is 14.7 Å². The van der Waals surface area contributed by atoms with Crippen LogP contribution in [0.4, 0.5) is 0 Å². The molecule has 1 unspecified atom stereocenters. The number of aromatic nitrogens is 1. The molecule has 0 bridgehead atoms. The molecule has 6 nitrogen and oxygen atoms in total. The number of nitrogens with zero attached hydrogens (tertiary/aromatic N) is 2. The van der Waals surface area contributed by atoms with Crippen LogP contribution in [0, 0.1) is 11.3 Å². The van der Waals surface area contributed by atoms with E-state index in [9.17, 15) is 9.59 Å². The van der Waals surface area contributed by atoms with Crippen molar-refractivity contribution in [2.75, 3.05) is 5.75 Å². The Morgan fingerprint density at radius 1 is 1.68 bits per heavy atom. The lowest BCUT2D eigenvalue weighted by molar-refractivity contribution is -0.140. The molecule has 1 aromatic heterocycles. The summed E-state index contributed by atoms with van der Waals surface area (Å²) in [6.45, 7) is 0. The smallest absolute Gasteiger partial charge is 0.326 e. The molecule has 1 atom stereocenters. The Bertz CT molecular complexity index is 487. The molecule has 1 aromatic rings. The molecule has 1 amide bonds. The van der Waals surface area contributed by atoms with Crippen LogP contribution in [0.25, 0.3) is 0 Å². The van der Waals surface area contributed by atoms with Gasteiger partial charge in [-0.05, 0) is 29.9 Å². The first-order valence-corrected chi connectivity index (χ1v) is 6.68. The Morgan fingerprint density at radius 2 is 2.47 bits per heavy atom. The van der Waals surface area contributed by atoms with E-state index < -0.39 is 12.0 Å². The van der Waals surface area contributed by atoms with Gasteiger partial charge in [0.05, 0.1) is 0 Å². The van der Waals surface area contributed by atoms with Crippen molar-refractivity contribution in [1.82, 2.24) is 10.3 Å². The van der Waals surface area contributed by atoms with Crippen molar-refractivity contribution in [3.8, 4) is 6.07 Å². The second kappa shape index (κ2) is 8.11. The molecule has 100 valence electrons. The summed E-state index contributed by atoms with van der Waals surface area (Å²) in [6, 6.07) is 4.62. The topological polar surface area (TPSA) is 103 Å². The molecule has 0 aliphatic carbocycles. The van der Waals surface area contributed by atoms with Gasteiger partial charge in [0.2, 0.25) is 6.41 Å². The van der Waals surface area contributed by atoms with Gasteiger partial charge >= 0.3 is 5.97 Å². The van der Waals surface area contributed by atoms with Crippen LogP contribution in [0.3, 0.4) is 0 Å². The summed E-state index contributed by atoms with van der Waals surface area (Å²) in [6.07, 6.45) is 2.32. The number of rotatable bonds is 8. The number of hydrogen-bond acceptors (Lipinski definition) is 5. The normalized spacial score (nSPS) is 11.3. The van der Waals surface area contributed by atoms with E-state index in [0.717, 1.165) is 5.56 Å². The van der Waals surface area contributed by atoms with E-state index >= 15 is 0 Å². The summed E-state index contributed by atoms with van der Waals surface area (Å²) in [5.74, 6) is 0.232. The number of carbonyl (C=O) groups is 2. The highest BCUT2D eigenvalue weighted by atomic mass is 32.2. The Morgan fingerprint density at radius 3 is 3.11 bits per heavy atom. The molecule has 0 aromatic carbocycles. The van der Waals surface area contributed by atoms with Crippen LogP contribution < -0.4 is 5.32 Å². The number of carboxylic acid groups (broad SMARTS) is 1. The minimum atomic E-state index is -1.04. The average Bonchev–Trinajstić information content (AvgIpc) is 2.42. The SMILES string of the molecule is N#Cc1cc(CSCCC(NC=O)C(=O)O)ccn1. The van der Waals surface area contributed by atoms with E-state index in [2.05, 4.69) is 10.3 Å². The van der Waals surface area contributed by atoms with E-state index in [1.165, 1.54) is 0 Å². The fraction of sp³-hybridized carbons (Fsp3) is 0.333. The van der Waals surface area contributed by atoms with E-state index in [1.54, 1.807) is 24.0 Å². The molecule has 0 aliphatic rings. The van der Waals surface area contributed by atoms with Gasteiger partial charge in [0, 0.05) is 11.9 Å². The number of pyridine rings is 1. The number of carboxylic acids is 1. The van der Waals surface area contributed by atoms with Crippen LogP contribution >= 0.6 is 11.8 Å². The molecule has 1 heterocycles. The average molecular weight is 279 g/mol. The van der Waals surface area contributed by atoms with Gasteiger partial charge in [-0.2, -0.15) is 17.0 Å². The molecular formula is C12H13N3O3S. The molecule has 0 spiro atoms. The number of amides is 1. The number of aliphatic carboxylic acids is 1. The van der Waals surface area contributed by atoms with Crippen LogP contribution in [0.1, 0.15) is 17.7 Å². The third-order valence-corrected chi connectivity index (χ3v) is 3.39. The number of thioether (sulfide) groups is 1. The number of carbonyl (C=O) groups excluding carboxylic acids is 1. The highest BCUT2D eigenvalue weighted by Crippen LogP contribution is 2.14. The van der Waals surface area contributed by atoms with E-state index in [0.29, 0.717) is 30.0 Å². The lowest BCUT2D eigenvalue weighted by Crippen LogP contribution is -2.36. The minimum absolute atomic E-state index is 0.356. The van der Waals surface area contributed by atoms with Gasteiger partial charge < -0.3 is 10.4 Å². The first-order valence-electron chi connectivity index (χ1n) is 5.52. The van der Waals surface area contributed by atoms with Gasteiger partial charge in [0.15, 0.2) is 0 Å². The fourth-order valence-corrected chi connectivity index (χ4v) is 2.34. The van der Waals surface area contributed by atoms with Gasteiger partial charge in [-0.3, -0.25) is 4.79 Å². The van der Waals surface area contributed by atoms with E-state index in [4.69, 9.17) is 10.4 Å². The summed E-state index contributed by atoms with van der Waals surface area (Å²) in [4.78, 5) is 24.9. The molecule has 0 saturated heterocycles. The highest BCUT2D eigenvalue weighted by molar-refractivity contribution is 7.98. The third kappa shape index (κ3) is 5.40. The van der Waals surface area contributed by atoms with Crippen LogP contribution in [0.5, 0.6) is 0 Å². The first-order chi connectivity index (χ1) is 9.17. The highest BCUT2D eigenvalue weighted by Gasteiger charge is 2.15. The van der Waals surface area contributed by atoms with Crippen molar-refractivity contribution in [2.24, 2.45) is 0 Å². The number of nitrogens with one attached hydrogen (secondary N) is 1. The van der Waals surface area contributed by atoms with E-state index in [1.807, 2.05) is 12.1 Å². The maximum atomic E-state index is 10.8. The largest absolute Gasteiger partial charge is 0.480 e. The predicted molar refractivity (Wildman–Crippen MR) is 70.4 cm³/mol. The molecule has 19 heavy (non-hydrogen) atoms. The van der Waals surface area contributed by atoms with Gasteiger partial charge in [-0.1, -0.05) is 0 Å². The molecule has 0 fully saturated rings. The Kier molecular flexibility index (Phi) is 6.39. The Balaban J connectivity index is 2.35. The Hall–Kier alpha value is -2.07. The summed E-state index contributed by atoms with van der Waals surface area (Å²) in [5.41, 5.74) is 1.33. The van der Waals surface area contributed by atoms with E-state index in [-0.39, 0.29) is 0 Å². The second-order valence-electron chi connectivity index (χ2n) is 3.68. The van der Waals surface area contributed by atoms with Gasteiger partial charge in [0.25, 0.3) is 0 Å². The van der Waals surface area contributed by atoms with Crippen LogP contribution in [-0.2, 0) is 15.3 Å². The zero-order valence-corrected chi connectivity index (χ0v) is 10.9. The second-order valence-corrected chi connectivity index (χ2v) is 4.78. The van der Waals surface area contributed by atoms with Gasteiger partial charge in [0.1, 0.15) is 17.8 Å². The number of hydrogen-bond donors (Lipinski definition) is 2. The van der Waals surface area contributed by atoms with Crippen molar-refractivity contribution in [3.63, 3.8) is 0 Å². The number of nitriles is 1. The summed E-state index contributed by atoms with van der Waals surface area (Å²) >= 11 is 1.54. The minimum Gasteiger partial charge on any atom is -0.480 e. The van der Waals surface area contributed by atoms with Crippen molar-refractivity contribution in [3.05, 3.63) is 29.6 Å². The maximum Gasteiger partial charge on any atom is 0.326 e. The summed E-state index contributed by atoms with van der Waals surface area (Å²) in [5, 5.41) is 19.8. The van der Waals surface area contributed by atoms with Crippen molar-refractivity contribution in [1.29, 1.82) is 5.26 Å². The van der Waals surface area contributed by atoms with Crippen LogP contribution in [0.15, 0.2) is 18.3 Å². The summed E-state index contributed by atoms with van der Waals surface area (Å²) < 4.78 is 0. The molecule has 0 aliphatic heterocycles. The lowest BCUT2D eigenvalue weighted by atomic mass is 10.2. The fourth-order valence-electron chi connectivity index (χ4n) is 1.38. The molecular weight excluding hydrogens is 266 g/mol. The maximum absolute atomic E-state index is 10.8. The first kappa shape index (κ1) is 15.0. The summed E-state index contributed by atoms with van der Waals surface area (Å²) in [7, 11) is 0. The predicted octanol–water partition coefficient (Wildman–Crippen LogP) is 0.776. The zero-order chi connectivity index (χ0) is 14.1. The van der Waals surface area contributed by atoms with Crippen LogP contribution in [0.2, 0.25) is 0 Å². The third-order valence-electron chi connectivity index (χ3n) is 2.33. The molecule has 7 heteroatoms.